The molecule has 0 bridgehead atoms. The normalized spacial score (nSPS) is 29.6. The van der Waals surface area contributed by atoms with Crippen LogP contribution in [0.1, 0.15) is 19.3 Å². The maximum absolute atomic E-state index is 6.09. The largest absolute Gasteiger partial charge is 0.382 e. The van der Waals surface area contributed by atoms with Gasteiger partial charge in [0.15, 0.2) is 0 Å². The van der Waals surface area contributed by atoms with E-state index in [1.165, 1.54) is 29.3 Å². The molecule has 20 heavy (non-hydrogen) atoms. The summed E-state index contributed by atoms with van der Waals surface area (Å²) in [5.74, 6) is 2.42. The molecule has 3 nitrogen and oxygen atoms in total. The van der Waals surface area contributed by atoms with Gasteiger partial charge in [0.05, 0.1) is 5.60 Å². The van der Waals surface area contributed by atoms with Gasteiger partial charge in [-0.1, -0.05) is 6.07 Å². The molecule has 0 saturated carbocycles. The zero-order chi connectivity index (χ0) is 14.0. The Morgan fingerprint density at radius 1 is 1.40 bits per heavy atom. The van der Waals surface area contributed by atoms with Gasteiger partial charge in [-0.3, -0.25) is 0 Å². The van der Waals surface area contributed by atoms with Crippen molar-refractivity contribution in [1.82, 2.24) is 0 Å². The van der Waals surface area contributed by atoms with Gasteiger partial charge in [-0.15, -0.1) is 0 Å². The number of rotatable bonds is 3. The zero-order valence-electron chi connectivity index (χ0n) is 12.4. The third-order valence-corrected chi connectivity index (χ3v) is 5.52. The standard InChI is InChI=1S/C16H24N2OS/c1-18(2)15-5-3-4-13(10-15)17-14-6-8-19-16(11-14)7-9-20-12-16/h3-5,10,14,17H,6-9,11-12H2,1-2H3. The molecule has 0 amide bonds. The minimum Gasteiger partial charge on any atom is -0.382 e. The van der Waals surface area contributed by atoms with Gasteiger partial charge in [0.1, 0.15) is 0 Å². The first kappa shape index (κ1) is 14.1. The fourth-order valence-electron chi connectivity index (χ4n) is 3.12. The molecule has 2 saturated heterocycles. The lowest BCUT2D eigenvalue weighted by Gasteiger charge is -2.38. The monoisotopic (exact) mass is 292 g/mol. The van der Waals surface area contributed by atoms with Crippen molar-refractivity contribution in [2.45, 2.75) is 30.9 Å². The van der Waals surface area contributed by atoms with Crippen LogP contribution in [0.2, 0.25) is 0 Å². The lowest BCUT2D eigenvalue weighted by molar-refractivity contribution is -0.0628. The van der Waals surface area contributed by atoms with Gasteiger partial charge < -0.3 is 15.0 Å². The van der Waals surface area contributed by atoms with E-state index in [1.54, 1.807) is 0 Å². The van der Waals surface area contributed by atoms with Crippen LogP contribution < -0.4 is 10.2 Å². The van der Waals surface area contributed by atoms with Crippen molar-refractivity contribution < 1.29 is 4.74 Å². The zero-order valence-corrected chi connectivity index (χ0v) is 13.2. The predicted molar refractivity (Wildman–Crippen MR) is 88.0 cm³/mol. The van der Waals surface area contributed by atoms with Crippen molar-refractivity contribution in [3.8, 4) is 0 Å². The Hall–Kier alpha value is -0.870. The number of nitrogens with zero attached hydrogens (tertiary/aromatic N) is 1. The van der Waals surface area contributed by atoms with Crippen molar-refractivity contribution in [2.75, 3.05) is 42.4 Å². The van der Waals surface area contributed by atoms with Crippen LogP contribution in [-0.4, -0.2) is 43.9 Å². The summed E-state index contributed by atoms with van der Waals surface area (Å²) < 4.78 is 6.09. The van der Waals surface area contributed by atoms with E-state index in [2.05, 4.69) is 48.6 Å². The Morgan fingerprint density at radius 3 is 3.05 bits per heavy atom. The Kier molecular flexibility index (Phi) is 4.13. The Balaban J connectivity index is 1.66. The third-order valence-electron chi connectivity index (χ3n) is 4.29. The minimum atomic E-state index is 0.153. The van der Waals surface area contributed by atoms with Crippen molar-refractivity contribution >= 4 is 23.1 Å². The van der Waals surface area contributed by atoms with Gasteiger partial charge >= 0.3 is 0 Å². The summed E-state index contributed by atoms with van der Waals surface area (Å²) in [5.41, 5.74) is 2.62. The van der Waals surface area contributed by atoms with Crippen LogP contribution in [0.25, 0.3) is 0 Å². The highest BCUT2D eigenvalue weighted by atomic mass is 32.2. The second kappa shape index (κ2) is 5.86. The number of nitrogens with one attached hydrogen (secondary N) is 1. The second-order valence-corrected chi connectivity index (χ2v) is 7.22. The molecule has 2 heterocycles. The maximum atomic E-state index is 6.09. The lowest BCUT2D eigenvalue weighted by atomic mass is 9.90. The molecule has 0 aliphatic carbocycles. The van der Waals surface area contributed by atoms with E-state index >= 15 is 0 Å². The number of hydrogen-bond donors (Lipinski definition) is 1. The van der Waals surface area contributed by atoms with E-state index in [-0.39, 0.29) is 5.60 Å². The molecule has 1 aromatic rings. The number of anilines is 2. The summed E-state index contributed by atoms with van der Waals surface area (Å²) >= 11 is 2.03. The van der Waals surface area contributed by atoms with Gasteiger partial charge in [0, 0.05) is 43.9 Å². The first-order chi connectivity index (χ1) is 9.67. The molecule has 3 rings (SSSR count). The molecule has 1 N–H and O–H groups in total. The fraction of sp³-hybridized carbons (Fsp3) is 0.625. The molecule has 2 unspecified atom stereocenters. The molecule has 110 valence electrons. The Labute approximate surface area is 126 Å². The minimum absolute atomic E-state index is 0.153. The highest BCUT2D eigenvalue weighted by Gasteiger charge is 2.40. The number of thioether (sulfide) groups is 1. The predicted octanol–water partition coefficient (Wildman–Crippen LogP) is 3.22. The fourth-order valence-corrected chi connectivity index (χ4v) is 4.50. The number of hydrogen-bond acceptors (Lipinski definition) is 4. The van der Waals surface area contributed by atoms with E-state index in [0.29, 0.717) is 6.04 Å². The molecule has 2 atom stereocenters. The summed E-state index contributed by atoms with van der Waals surface area (Å²) in [6, 6.07) is 9.20. The van der Waals surface area contributed by atoms with Gasteiger partial charge in [-0.2, -0.15) is 11.8 Å². The van der Waals surface area contributed by atoms with Crippen LogP contribution in [0.4, 0.5) is 11.4 Å². The van der Waals surface area contributed by atoms with Crippen LogP contribution in [0, 0.1) is 0 Å². The smallest absolute Gasteiger partial charge is 0.0799 e. The SMILES string of the molecule is CN(C)c1cccc(NC2CCOC3(CCSC3)C2)c1. The van der Waals surface area contributed by atoms with Crippen molar-refractivity contribution in [1.29, 1.82) is 0 Å². The van der Waals surface area contributed by atoms with Crippen LogP contribution in [0.3, 0.4) is 0 Å². The lowest BCUT2D eigenvalue weighted by Crippen LogP contribution is -2.44. The highest BCUT2D eigenvalue weighted by Crippen LogP contribution is 2.39. The maximum Gasteiger partial charge on any atom is 0.0799 e. The molecule has 1 spiro atoms. The average molecular weight is 292 g/mol. The molecular formula is C16H24N2OS. The molecule has 2 aliphatic rings. The molecule has 2 aliphatic heterocycles. The number of benzene rings is 1. The van der Waals surface area contributed by atoms with Gasteiger partial charge in [0.2, 0.25) is 0 Å². The van der Waals surface area contributed by atoms with E-state index < -0.39 is 0 Å². The van der Waals surface area contributed by atoms with Gasteiger partial charge in [-0.25, -0.2) is 0 Å². The Bertz CT molecular complexity index is 458. The van der Waals surface area contributed by atoms with E-state index in [9.17, 15) is 0 Å². The van der Waals surface area contributed by atoms with Crippen LogP contribution in [-0.2, 0) is 4.74 Å². The van der Waals surface area contributed by atoms with Gasteiger partial charge in [0.25, 0.3) is 0 Å². The topological polar surface area (TPSA) is 24.5 Å². The van der Waals surface area contributed by atoms with Crippen LogP contribution in [0.5, 0.6) is 0 Å². The molecule has 0 radical (unpaired) electrons. The summed E-state index contributed by atoms with van der Waals surface area (Å²) in [4.78, 5) is 2.14. The first-order valence-corrected chi connectivity index (χ1v) is 8.58. The summed E-state index contributed by atoms with van der Waals surface area (Å²) in [6.45, 7) is 0.894. The molecule has 0 aromatic heterocycles. The number of ether oxygens (including phenoxy) is 1. The van der Waals surface area contributed by atoms with Crippen molar-refractivity contribution in [2.24, 2.45) is 0 Å². The second-order valence-electron chi connectivity index (χ2n) is 6.11. The first-order valence-electron chi connectivity index (χ1n) is 7.43. The average Bonchev–Trinajstić information content (AvgIpc) is 2.87. The van der Waals surface area contributed by atoms with E-state index in [4.69, 9.17) is 4.74 Å². The van der Waals surface area contributed by atoms with Crippen molar-refractivity contribution in [3.63, 3.8) is 0 Å². The quantitative estimate of drug-likeness (QED) is 0.924. The Morgan fingerprint density at radius 2 is 2.30 bits per heavy atom. The third kappa shape index (κ3) is 3.07. The summed E-state index contributed by atoms with van der Waals surface area (Å²) in [7, 11) is 4.16. The summed E-state index contributed by atoms with van der Waals surface area (Å²) in [5, 5.41) is 3.71. The molecule has 4 heteroatoms. The molecule has 1 aromatic carbocycles. The van der Waals surface area contributed by atoms with E-state index in [0.717, 1.165) is 19.4 Å². The molecular weight excluding hydrogens is 268 g/mol. The van der Waals surface area contributed by atoms with Crippen molar-refractivity contribution in [3.05, 3.63) is 24.3 Å². The van der Waals surface area contributed by atoms with Crippen LogP contribution >= 0.6 is 11.8 Å². The van der Waals surface area contributed by atoms with Gasteiger partial charge in [-0.05, 0) is 43.2 Å². The van der Waals surface area contributed by atoms with Crippen LogP contribution in [0.15, 0.2) is 24.3 Å². The molecule has 2 fully saturated rings. The summed E-state index contributed by atoms with van der Waals surface area (Å²) in [6.07, 6.45) is 3.47. The highest BCUT2D eigenvalue weighted by molar-refractivity contribution is 7.99. The van der Waals surface area contributed by atoms with E-state index in [1.807, 2.05) is 11.8 Å².